The van der Waals surface area contributed by atoms with Gasteiger partial charge < -0.3 is 19.6 Å². The molecule has 2 bridgehead atoms. The summed E-state index contributed by atoms with van der Waals surface area (Å²) >= 11 is 0. The minimum atomic E-state index is -0.141. The number of rotatable bonds is 3. The van der Waals surface area contributed by atoms with Gasteiger partial charge in [0, 0.05) is 37.3 Å². The molecule has 156 valence electrons. The molecule has 3 aromatic rings. The minimum absolute atomic E-state index is 0. The number of oxazole rings is 1. The standard InChI is InChI=1S/C22H22N4O3.ClH/c23-9-20-24-18(13-29-20)22(28)25-10-14-6-17(12-25)19-7-16(8-21(27)26(19)11-14)15-4-2-1-3-5-15;/h1-5,7-8,13-14,17H,6,9-12,23H2;1H/t14-,17+;/m0./s1. The van der Waals surface area contributed by atoms with E-state index in [1.165, 1.54) is 6.26 Å². The largest absolute Gasteiger partial charge is 0.447 e. The van der Waals surface area contributed by atoms with Crippen molar-refractivity contribution < 1.29 is 9.21 Å². The first-order chi connectivity index (χ1) is 14.1. The average Bonchev–Trinajstić information content (AvgIpc) is 3.23. The Morgan fingerprint density at radius 2 is 1.93 bits per heavy atom. The summed E-state index contributed by atoms with van der Waals surface area (Å²) in [6, 6.07) is 13.7. The van der Waals surface area contributed by atoms with Gasteiger partial charge >= 0.3 is 0 Å². The zero-order chi connectivity index (χ0) is 20.0. The van der Waals surface area contributed by atoms with Crippen LogP contribution in [0.5, 0.6) is 0 Å². The van der Waals surface area contributed by atoms with E-state index in [2.05, 4.69) is 11.1 Å². The van der Waals surface area contributed by atoms with Crippen molar-refractivity contribution in [2.24, 2.45) is 11.7 Å². The second-order valence-electron chi connectivity index (χ2n) is 7.82. The summed E-state index contributed by atoms with van der Waals surface area (Å²) in [6.07, 6.45) is 2.36. The van der Waals surface area contributed by atoms with Gasteiger partial charge in [-0.1, -0.05) is 30.3 Å². The average molecular weight is 427 g/mol. The van der Waals surface area contributed by atoms with Crippen molar-refractivity contribution >= 4 is 18.3 Å². The number of benzene rings is 1. The zero-order valence-corrected chi connectivity index (χ0v) is 17.2. The number of aromatic nitrogens is 2. The van der Waals surface area contributed by atoms with Crippen molar-refractivity contribution in [2.75, 3.05) is 13.1 Å². The van der Waals surface area contributed by atoms with Crippen molar-refractivity contribution in [3.8, 4) is 11.1 Å². The monoisotopic (exact) mass is 426 g/mol. The van der Waals surface area contributed by atoms with Gasteiger partial charge in [-0.2, -0.15) is 0 Å². The Kier molecular flexibility index (Phi) is 5.49. The van der Waals surface area contributed by atoms with E-state index in [-0.39, 0.29) is 42.3 Å². The van der Waals surface area contributed by atoms with E-state index in [1.54, 1.807) is 6.07 Å². The maximum atomic E-state index is 12.9. The Morgan fingerprint density at radius 3 is 2.67 bits per heavy atom. The molecule has 0 aliphatic carbocycles. The molecule has 1 saturated heterocycles. The van der Waals surface area contributed by atoms with Crippen LogP contribution < -0.4 is 11.3 Å². The maximum Gasteiger partial charge on any atom is 0.275 e. The second kappa shape index (κ2) is 8.08. The van der Waals surface area contributed by atoms with Crippen LogP contribution in [-0.2, 0) is 13.1 Å². The number of amides is 1. The Bertz CT molecular complexity index is 1120. The molecule has 0 saturated carbocycles. The molecule has 8 heteroatoms. The zero-order valence-electron chi connectivity index (χ0n) is 16.4. The highest BCUT2D eigenvalue weighted by molar-refractivity contribution is 5.92. The highest BCUT2D eigenvalue weighted by Crippen LogP contribution is 2.37. The first kappa shape index (κ1) is 20.4. The number of pyridine rings is 1. The van der Waals surface area contributed by atoms with E-state index in [0.717, 1.165) is 23.2 Å². The smallest absolute Gasteiger partial charge is 0.275 e. The van der Waals surface area contributed by atoms with Crippen molar-refractivity contribution in [2.45, 2.75) is 25.4 Å². The first-order valence-electron chi connectivity index (χ1n) is 9.86. The number of piperidine rings is 1. The molecule has 5 rings (SSSR count). The van der Waals surface area contributed by atoms with Gasteiger partial charge in [-0.05, 0) is 29.5 Å². The number of halogens is 1. The van der Waals surface area contributed by atoms with Crippen LogP contribution in [-0.4, -0.2) is 33.4 Å². The fourth-order valence-corrected chi connectivity index (χ4v) is 4.59. The molecule has 1 fully saturated rings. The molecule has 2 aromatic heterocycles. The summed E-state index contributed by atoms with van der Waals surface area (Å²) in [5.74, 6) is 0.600. The van der Waals surface area contributed by atoms with Gasteiger partial charge in [-0.15, -0.1) is 12.4 Å². The maximum absolute atomic E-state index is 12.9. The van der Waals surface area contributed by atoms with E-state index in [0.29, 0.717) is 31.2 Å². The van der Waals surface area contributed by atoms with Crippen molar-refractivity contribution in [3.63, 3.8) is 0 Å². The van der Waals surface area contributed by atoms with Gasteiger partial charge in [-0.25, -0.2) is 4.98 Å². The fourth-order valence-electron chi connectivity index (χ4n) is 4.59. The molecule has 2 N–H and O–H groups in total. The molecule has 2 aliphatic heterocycles. The van der Waals surface area contributed by atoms with E-state index >= 15 is 0 Å². The van der Waals surface area contributed by atoms with Gasteiger partial charge in [0.15, 0.2) is 5.69 Å². The SMILES string of the molecule is Cl.NCc1nc(C(=O)N2C[C@@H]3C[C@H](C2)c2cc(-c4ccccc4)cc(=O)n2C3)co1. The van der Waals surface area contributed by atoms with Crippen LogP contribution in [0.2, 0.25) is 0 Å². The molecule has 0 radical (unpaired) electrons. The van der Waals surface area contributed by atoms with Crippen LogP contribution in [0.15, 0.2) is 57.9 Å². The van der Waals surface area contributed by atoms with Crippen LogP contribution in [0.1, 0.15) is 34.4 Å². The lowest BCUT2D eigenvalue weighted by Gasteiger charge is -2.42. The van der Waals surface area contributed by atoms with Gasteiger partial charge in [0.25, 0.3) is 11.5 Å². The van der Waals surface area contributed by atoms with Crippen LogP contribution in [0.3, 0.4) is 0 Å². The molecule has 2 aliphatic rings. The fraction of sp³-hybridized carbons (Fsp3) is 0.318. The molecule has 4 heterocycles. The number of carbonyl (C=O) groups excluding carboxylic acids is 1. The van der Waals surface area contributed by atoms with Crippen LogP contribution >= 0.6 is 12.4 Å². The molecule has 1 aromatic carbocycles. The molecule has 7 nitrogen and oxygen atoms in total. The number of hydrogen-bond donors (Lipinski definition) is 1. The molecule has 2 atom stereocenters. The Labute approximate surface area is 179 Å². The number of likely N-dealkylation sites (tertiary alicyclic amines) is 1. The summed E-state index contributed by atoms with van der Waals surface area (Å²) in [6.45, 7) is 1.98. The van der Waals surface area contributed by atoms with Gasteiger partial charge in [0.1, 0.15) is 6.26 Å². The van der Waals surface area contributed by atoms with Crippen molar-refractivity contribution in [3.05, 3.63) is 76.4 Å². The predicted octanol–water partition coefficient (Wildman–Crippen LogP) is 2.64. The number of nitrogens with two attached hydrogens (primary N) is 1. The Morgan fingerprint density at radius 1 is 1.13 bits per heavy atom. The van der Waals surface area contributed by atoms with Crippen LogP contribution in [0, 0.1) is 5.92 Å². The lowest BCUT2D eigenvalue weighted by atomic mass is 9.82. The predicted molar refractivity (Wildman–Crippen MR) is 115 cm³/mol. The van der Waals surface area contributed by atoms with Crippen LogP contribution in [0.4, 0.5) is 0 Å². The molecule has 30 heavy (non-hydrogen) atoms. The van der Waals surface area contributed by atoms with Gasteiger partial charge in [0.2, 0.25) is 5.89 Å². The van der Waals surface area contributed by atoms with E-state index in [4.69, 9.17) is 10.2 Å². The van der Waals surface area contributed by atoms with Crippen LogP contribution in [0.25, 0.3) is 11.1 Å². The molecule has 0 spiro atoms. The topological polar surface area (TPSA) is 94.4 Å². The quantitative estimate of drug-likeness (QED) is 0.694. The van der Waals surface area contributed by atoms with Gasteiger partial charge in [0.05, 0.1) is 6.54 Å². The first-order valence-corrected chi connectivity index (χ1v) is 9.86. The normalized spacial score (nSPS) is 19.7. The second-order valence-corrected chi connectivity index (χ2v) is 7.82. The summed E-state index contributed by atoms with van der Waals surface area (Å²) in [5.41, 5.74) is 8.81. The number of nitrogens with zero attached hydrogens (tertiary/aromatic N) is 3. The number of hydrogen-bond acceptors (Lipinski definition) is 5. The molecule has 0 unspecified atom stereocenters. The summed E-state index contributed by atoms with van der Waals surface area (Å²) < 4.78 is 7.11. The van der Waals surface area contributed by atoms with Gasteiger partial charge in [-0.3, -0.25) is 9.59 Å². The van der Waals surface area contributed by atoms with E-state index in [9.17, 15) is 9.59 Å². The highest BCUT2D eigenvalue weighted by Gasteiger charge is 2.37. The summed E-state index contributed by atoms with van der Waals surface area (Å²) in [4.78, 5) is 31.7. The van der Waals surface area contributed by atoms with E-state index in [1.807, 2.05) is 39.8 Å². The Balaban J connectivity index is 0.00000218. The molecule has 1 amide bonds. The Hall–Kier alpha value is -2.90. The highest BCUT2D eigenvalue weighted by atomic mass is 35.5. The minimum Gasteiger partial charge on any atom is -0.447 e. The van der Waals surface area contributed by atoms with E-state index < -0.39 is 0 Å². The number of carbonyl (C=O) groups is 1. The third kappa shape index (κ3) is 3.55. The van der Waals surface area contributed by atoms with Crippen molar-refractivity contribution in [1.82, 2.24) is 14.5 Å². The molecular weight excluding hydrogens is 404 g/mol. The third-order valence-corrected chi connectivity index (χ3v) is 5.90. The summed E-state index contributed by atoms with van der Waals surface area (Å²) in [7, 11) is 0. The lowest BCUT2D eigenvalue weighted by Crippen LogP contribution is -2.49. The van der Waals surface area contributed by atoms with Crippen molar-refractivity contribution in [1.29, 1.82) is 0 Å². The number of fused-ring (bicyclic) bond motifs is 4. The lowest BCUT2D eigenvalue weighted by molar-refractivity contribution is 0.0589. The third-order valence-electron chi connectivity index (χ3n) is 5.90. The molecular formula is C22H23ClN4O3. The summed E-state index contributed by atoms with van der Waals surface area (Å²) in [5, 5.41) is 0.